The van der Waals surface area contributed by atoms with Crippen LogP contribution in [0.4, 0.5) is 0 Å². The van der Waals surface area contributed by atoms with Gasteiger partial charge in [-0.1, -0.05) is 47.7 Å². The van der Waals surface area contributed by atoms with E-state index in [4.69, 9.17) is 4.74 Å². The Bertz CT molecular complexity index is 849. The summed E-state index contributed by atoms with van der Waals surface area (Å²) in [5, 5.41) is 17.3. The minimum atomic E-state index is 0.348. The molecule has 0 amide bonds. The predicted molar refractivity (Wildman–Crippen MR) is 91.5 cm³/mol. The minimum Gasteiger partial charge on any atom is -0.494 e. The van der Waals surface area contributed by atoms with E-state index in [9.17, 15) is 5.26 Å². The SMILES string of the molecule is Cc1cccc(OCCCn2nnc(C#N)c2-c2ccccc2)c1. The molecule has 24 heavy (non-hydrogen) atoms. The summed E-state index contributed by atoms with van der Waals surface area (Å²) in [7, 11) is 0. The van der Waals surface area contributed by atoms with Crippen molar-refractivity contribution in [1.29, 1.82) is 5.26 Å². The fourth-order valence-electron chi connectivity index (χ4n) is 2.54. The second-order valence-corrected chi connectivity index (χ2v) is 5.51. The molecule has 0 aliphatic rings. The minimum absolute atomic E-state index is 0.348. The molecular weight excluding hydrogens is 300 g/mol. The van der Waals surface area contributed by atoms with Gasteiger partial charge in [0.05, 0.1) is 6.61 Å². The highest BCUT2D eigenvalue weighted by molar-refractivity contribution is 5.64. The highest BCUT2D eigenvalue weighted by atomic mass is 16.5. The molecular formula is C19H18N4O. The van der Waals surface area contributed by atoms with E-state index >= 15 is 0 Å². The van der Waals surface area contributed by atoms with Gasteiger partial charge in [0, 0.05) is 18.5 Å². The Morgan fingerprint density at radius 3 is 2.71 bits per heavy atom. The van der Waals surface area contributed by atoms with Gasteiger partial charge in [-0.3, -0.25) is 0 Å². The van der Waals surface area contributed by atoms with Crippen LogP contribution in [0.1, 0.15) is 17.7 Å². The monoisotopic (exact) mass is 318 g/mol. The Morgan fingerprint density at radius 2 is 1.96 bits per heavy atom. The van der Waals surface area contributed by atoms with Gasteiger partial charge in [0.1, 0.15) is 17.5 Å². The summed E-state index contributed by atoms with van der Waals surface area (Å²) in [4.78, 5) is 0. The first kappa shape index (κ1) is 15.8. The zero-order valence-electron chi connectivity index (χ0n) is 13.5. The number of hydrogen-bond donors (Lipinski definition) is 0. The van der Waals surface area contributed by atoms with Gasteiger partial charge < -0.3 is 4.74 Å². The van der Waals surface area contributed by atoms with Crippen LogP contribution in [-0.2, 0) is 6.54 Å². The summed E-state index contributed by atoms with van der Waals surface area (Å²) in [5.74, 6) is 0.870. The Kier molecular flexibility index (Phi) is 4.87. The highest BCUT2D eigenvalue weighted by Gasteiger charge is 2.14. The molecule has 0 aliphatic carbocycles. The number of benzene rings is 2. The third-order valence-electron chi connectivity index (χ3n) is 3.66. The molecule has 0 fully saturated rings. The molecule has 0 unspecified atom stereocenters. The van der Waals surface area contributed by atoms with E-state index in [0.717, 1.165) is 23.4 Å². The topological polar surface area (TPSA) is 63.7 Å². The van der Waals surface area contributed by atoms with Crippen molar-refractivity contribution >= 4 is 0 Å². The fourth-order valence-corrected chi connectivity index (χ4v) is 2.54. The zero-order valence-corrected chi connectivity index (χ0v) is 13.5. The van der Waals surface area contributed by atoms with Crippen molar-refractivity contribution in [2.45, 2.75) is 19.9 Å². The molecule has 0 bridgehead atoms. The third-order valence-corrected chi connectivity index (χ3v) is 3.66. The summed E-state index contributed by atoms with van der Waals surface area (Å²) in [6, 6.07) is 19.8. The molecule has 1 heterocycles. The van der Waals surface area contributed by atoms with E-state index in [0.29, 0.717) is 18.8 Å². The number of aryl methyl sites for hydroxylation is 2. The van der Waals surface area contributed by atoms with Crippen LogP contribution in [-0.4, -0.2) is 21.6 Å². The average molecular weight is 318 g/mol. The second-order valence-electron chi connectivity index (χ2n) is 5.51. The standard InChI is InChI=1S/C19H18N4O/c1-15-7-5-10-17(13-15)24-12-6-11-23-19(18(14-20)21-22-23)16-8-3-2-4-9-16/h2-5,7-10,13H,6,11-12H2,1H3. The van der Waals surface area contributed by atoms with E-state index in [-0.39, 0.29) is 0 Å². The maximum absolute atomic E-state index is 9.25. The van der Waals surface area contributed by atoms with Gasteiger partial charge in [0.25, 0.3) is 0 Å². The summed E-state index contributed by atoms with van der Waals surface area (Å²) < 4.78 is 7.53. The lowest BCUT2D eigenvalue weighted by Gasteiger charge is -2.09. The quantitative estimate of drug-likeness (QED) is 0.652. The molecule has 0 saturated heterocycles. The smallest absolute Gasteiger partial charge is 0.190 e. The highest BCUT2D eigenvalue weighted by Crippen LogP contribution is 2.21. The van der Waals surface area contributed by atoms with E-state index in [1.54, 1.807) is 4.68 Å². The maximum atomic E-state index is 9.25. The van der Waals surface area contributed by atoms with E-state index in [2.05, 4.69) is 16.4 Å². The first-order valence-electron chi connectivity index (χ1n) is 7.86. The van der Waals surface area contributed by atoms with Crippen LogP contribution in [0, 0.1) is 18.3 Å². The zero-order chi connectivity index (χ0) is 16.8. The van der Waals surface area contributed by atoms with E-state index in [1.807, 2.05) is 61.5 Å². The Labute approximate surface area is 141 Å². The van der Waals surface area contributed by atoms with Gasteiger partial charge in [0.15, 0.2) is 5.69 Å². The number of hydrogen-bond acceptors (Lipinski definition) is 4. The largest absolute Gasteiger partial charge is 0.494 e. The number of nitrogens with zero attached hydrogens (tertiary/aromatic N) is 4. The molecule has 120 valence electrons. The van der Waals surface area contributed by atoms with Crippen molar-refractivity contribution in [2.75, 3.05) is 6.61 Å². The summed E-state index contributed by atoms with van der Waals surface area (Å²) in [6.07, 6.45) is 0.780. The van der Waals surface area contributed by atoms with E-state index in [1.165, 1.54) is 5.56 Å². The molecule has 3 rings (SSSR count). The second kappa shape index (κ2) is 7.42. The number of rotatable bonds is 6. The summed E-state index contributed by atoms with van der Waals surface area (Å²) >= 11 is 0. The maximum Gasteiger partial charge on any atom is 0.190 e. The molecule has 5 heteroatoms. The first-order chi connectivity index (χ1) is 11.8. The Balaban J connectivity index is 1.66. The van der Waals surface area contributed by atoms with Gasteiger partial charge in [0.2, 0.25) is 0 Å². The van der Waals surface area contributed by atoms with Crippen molar-refractivity contribution < 1.29 is 4.74 Å². The molecule has 0 spiro atoms. The normalized spacial score (nSPS) is 10.3. The molecule has 1 aromatic heterocycles. The molecule has 0 radical (unpaired) electrons. The Morgan fingerprint density at radius 1 is 1.12 bits per heavy atom. The van der Waals surface area contributed by atoms with Crippen LogP contribution in [0.2, 0.25) is 0 Å². The van der Waals surface area contributed by atoms with E-state index < -0.39 is 0 Å². The molecule has 0 atom stereocenters. The first-order valence-corrected chi connectivity index (χ1v) is 7.86. The van der Waals surface area contributed by atoms with Crippen molar-refractivity contribution in [3.05, 3.63) is 65.9 Å². The van der Waals surface area contributed by atoms with Crippen LogP contribution < -0.4 is 4.74 Å². The molecule has 2 aromatic carbocycles. The third kappa shape index (κ3) is 3.61. The Hall–Kier alpha value is -3.13. The van der Waals surface area contributed by atoms with Crippen LogP contribution >= 0.6 is 0 Å². The van der Waals surface area contributed by atoms with Crippen molar-refractivity contribution in [2.24, 2.45) is 0 Å². The van der Waals surface area contributed by atoms with Gasteiger partial charge in [-0.25, -0.2) is 4.68 Å². The number of nitriles is 1. The van der Waals surface area contributed by atoms with Crippen LogP contribution in [0.3, 0.4) is 0 Å². The van der Waals surface area contributed by atoms with Gasteiger partial charge >= 0.3 is 0 Å². The van der Waals surface area contributed by atoms with Crippen LogP contribution in [0.15, 0.2) is 54.6 Å². The predicted octanol–water partition coefficient (Wildman–Crippen LogP) is 3.59. The lowest BCUT2D eigenvalue weighted by Crippen LogP contribution is -2.07. The molecule has 0 aliphatic heterocycles. The number of ether oxygens (including phenoxy) is 1. The molecule has 5 nitrogen and oxygen atoms in total. The van der Waals surface area contributed by atoms with Gasteiger partial charge in [-0.15, -0.1) is 5.10 Å². The van der Waals surface area contributed by atoms with Crippen molar-refractivity contribution in [3.63, 3.8) is 0 Å². The molecule has 3 aromatic rings. The van der Waals surface area contributed by atoms with Crippen LogP contribution in [0.25, 0.3) is 11.3 Å². The van der Waals surface area contributed by atoms with Gasteiger partial charge in [-0.05, 0) is 24.6 Å². The average Bonchev–Trinajstić information content (AvgIpc) is 3.02. The lowest BCUT2D eigenvalue weighted by molar-refractivity contribution is 0.298. The molecule has 0 saturated carbocycles. The van der Waals surface area contributed by atoms with Gasteiger partial charge in [-0.2, -0.15) is 5.26 Å². The molecule has 0 N–H and O–H groups in total. The summed E-state index contributed by atoms with van der Waals surface area (Å²) in [5.41, 5.74) is 3.22. The summed E-state index contributed by atoms with van der Waals surface area (Å²) in [6.45, 7) is 3.27. The van der Waals surface area contributed by atoms with Crippen molar-refractivity contribution in [3.8, 4) is 23.1 Å². The lowest BCUT2D eigenvalue weighted by atomic mass is 10.1. The number of aromatic nitrogens is 3. The van der Waals surface area contributed by atoms with Crippen molar-refractivity contribution in [1.82, 2.24) is 15.0 Å². The van der Waals surface area contributed by atoms with Crippen LogP contribution in [0.5, 0.6) is 5.75 Å². The fraction of sp³-hybridized carbons (Fsp3) is 0.211.